The van der Waals surface area contributed by atoms with Crippen LogP contribution in [0.5, 0.6) is 0 Å². The number of halogens is 1. The molecule has 3 nitrogen and oxygen atoms in total. The first kappa shape index (κ1) is 16.2. The fraction of sp³-hybridized carbons (Fsp3) is 0.278. The summed E-state index contributed by atoms with van der Waals surface area (Å²) < 4.78 is 13.4. The van der Waals surface area contributed by atoms with Crippen molar-refractivity contribution in [2.24, 2.45) is 0 Å². The van der Waals surface area contributed by atoms with E-state index in [1.165, 1.54) is 18.2 Å². The summed E-state index contributed by atoms with van der Waals surface area (Å²) in [6.07, 6.45) is 1.46. The standard InChI is InChI=1S/C18H19FN2O/c19-17-9-8-15(12-20)16(11-17)13-21-18(7-4-10-22)14-5-2-1-3-6-14/h1-3,5-6,8-9,11,18,21-22H,4,7,10,13H2. The second-order valence-corrected chi connectivity index (χ2v) is 5.12. The van der Waals surface area contributed by atoms with Crippen molar-refractivity contribution < 1.29 is 9.50 Å². The van der Waals surface area contributed by atoms with E-state index in [1.54, 1.807) is 0 Å². The van der Waals surface area contributed by atoms with Gasteiger partial charge in [-0.2, -0.15) is 5.26 Å². The molecule has 4 heteroatoms. The van der Waals surface area contributed by atoms with E-state index < -0.39 is 0 Å². The van der Waals surface area contributed by atoms with E-state index in [4.69, 9.17) is 10.4 Å². The summed E-state index contributed by atoms with van der Waals surface area (Å²) in [4.78, 5) is 0. The zero-order valence-electron chi connectivity index (χ0n) is 12.3. The fourth-order valence-corrected chi connectivity index (χ4v) is 2.42. The molecule has 0 heterocycles. The second kappa shape index (κ2) is 8.28. The Kier molecular flexibility index (Phi) is 6.08. The number of hydrogen-bond donors (Lipinski definition) is 2. The highest BCUT2D eigenvalue weighted by Gasteiger charge is 2.12. The maximum Gasteiger partial charge on any atom is 0.123 e. The van der Waals surface area contributed by atoms with Gasteiger partial charge in [0.1, 0.15) is 5.82 Å². The zero-order valence-corrected chi connectivity index (χ0v) is 12.3. The Morgan fingerprint density at radius 3 is 2.64 bits per heavy atom. The van der Waals surface area contributed by atoms with Crippen LogP contribution in [-0.4, -0.2) is 11.7 Å². The zero-order chi connectivity index (χ0) is 15.8. The van der Waals surface area contributed by atoms with Crippen molar-refractivity contribution in [2.75, 3.05) is 6.61 Å². The molecule has 0 bridgehead atoms. The molecule has 0 saturated carbocycles. The molecule has 2 aromatic rings. The van der Waals surface area contributed by atoms with Gasteiger partial charge in [-0.05, 0) is 42.2 Å². The van der Waals surface area contributed by atoms with Crippen LogP contribution in [0.3, 0.4) is 0 Å². The maximum atomic E-state index is 13.4. The highest BCUT2D eigenvalue weighted by molar-refractivity contribution is 5.37. The lowest BCUT2D eigenvalue weighted by atomic mass is 10.0. The van der Waals surface area contributed by atoms with Crippen molar-refractivity contribution in [1.29, 1.82) is 5.26 Å². The molecule has 2 N–H and O–H groups in total. The normalized spacial score (nSPS) is 11.9. The Morgan fingerprint density at radius 1 is 1.18 bits per heavy atom. The number of benzene rings is 2. The van der Waals surface area contributed by atoms with Crippen molar-refractivity contribution in [3.8, 4) is 6.07 Å². The van der Waals surface area contributed by atoms with Crippen molar-refractivity contribution in [2.45, 2.75) is 25.4 Å². The van der Waals surface area contributed by atoms with Gasteiger partial charge in [-0.25, -0.2) is 4.39 Å². The van der Waals surface area contributed by atoms with Gasteiger partial charge in [0, 0.05) is 19.2 Å². The first-order valence-electron chi connectivity index (χ1n) is 7.32. The minimum Gasteiger partial charge on any atom is -0.396 e. The van der Waals surface area contributed by atoms with Gasteiger partial charge in [-0.3, -0.25) is 0 Å². The average molecular weight is 298 g/mol. The van der Waals surface area contributed by atoms with Gasteiger partial charge in [0.2, 0.25) is 0 Å². The predicted octanol–water partition coefficient (Wildman–Crippen LogP) is 3.30. The van der Waals surface area contributed by atoms with Crippen LogP contribution in [0.25, 0.3) is 0 Å². The largest absolute Gasteiger partial charge is 0.396 e. The number of nitrogens with one attached hydrogen (secondary N) is 1. The van der Waals surface area contributed by atoms with Crippen LogP contribution in [0.2, 0.25) is 0 Å². The molecule has 0 spiro atoms. The van der Waals surface area contributed by atoms with Crippen molar-refractivity contribution >= 4 is 0 Å². The average Bonchev–Trinajstić information content (AvgIpc) is 2.56. The van der Waals surface area contributed by atoms with Crippen LogP contribution in [-0.2, 0) is 6.54 Å². The summed E-state index contributed by atoms with van der Waals surface area (Å²) in [7, 11) is 0. The molecule has 1 unspecified atom stereocenters. The first-order valence-corrected chi connectivity index (χ1v) is 7.32. The molecule has 0 radical (unpaired) electrons. The Morgan fingerprint density at radius 2 is 1.95 bits per heavy atom. The third kappa shape index (κ3) is 4.39. The Hall–Kier alpha value is -2.22. The van der Waals surface area contributed by atoms with E-state index in [0.29, 0.717) is 24.1 Å². The van der Waals surface area contributed by atoms with Crippen LogP contribution >= 0.6 is 0 Å². The van der Waals surface area contributed by atoms with Gasteiger partial charge in [-0.1, -0.05) is 30.3 Å². The van der Waals surface area contributed by atoms with E-state index >= 15 is 0 Å². The number of nitriles is 1. The van der Waals surface area contributed by atoms with Gasteiger partial charge in [0.05, 0.1) is 11.6 Å². The van der Waals surface area contributed by atoms with Gasteiger partial charge < -0.3 is 10.4 Å². The number of hydrogen-bond acceptors (Lipinski definition) is 3. The quantitative estimate of drug-likeness (QED) is 0.824. The molecule has 0 aliphatic rings. The minimum absolute atomic E-state index is 0.0585. The predicted molar refractivity (Wildman–Crippen MR) is 83.5 cm³/mol. The summed E-state index contributed by atoms with van der Waals surface area (Å²) in [5.74, 6) is -0.345. The molecule has 0 amide bonds. The van der Waals surface area contributed by atoms with Crippen LogP contribution in [0.4, 0.5) is 4.39 Å². The molecule has 22 heavy (non-hydrogen) atoms. The van der Waals surface area contributed by atoms with Gasteiger partial charge in [0.25, 0.3) is 0 Å². The molecule has 0 aliphatic carbocycles. The lowest BCUT2D eigenvalue weighted by molar-refractivity contribution is 0.275. The molecule has 0 fully saturated rings. The smallest absolute Gasteiger partial charge is 0.123 e. The van der Waals surface area contributed by atoms with Crippen LogP contribution in [0.15, 0.2) is 48.5 Å². The Bertz CT molecular complexity index is 637. The summed E-state index contributed by atoms with van der Waals surface area (Å²) in [5, 5.41) is 21.5. The highest BCUT2D eigenvalue weighted by atomic mass is 19.1. The summed E-state index contributed by atoms with van der Waals surface area (Å²) in [6, 6.07) is 16.2. The van der Waals surface area contributed by atoms with E-state index in [-0.39, 0.29) is 18.5 Å². The maximum absolute atomic E-state index is 13.4. The fourth-order valence-electron chi connectivity index (χ4n) is 2.42. The molecule has 0 aromatic heterocycles. The summed E-state index contributed by atoms with van der Waals surface area (Å²) in [6.45, 7) is 0.542. The number of nitrogens with zero attached hydrogens (tertiary/aromatic N) is 1. The molecule has 114 valence electrons. The van der Waals surface area contributed by atoms with Gasteiger partial charge >= 0.3 is 0 Å². The molecule has 1 atom stereocenters. The third-order valence-corrected chi connectivity index (χ3v) is 3.58. The minimum atomic E-state index is -0.345. The lowest BCUT2D eigenvalue weighted by Gasteiger charge is -2.19. The van der Waals surface area contributed by atoms with Crippen LogP contribution in [0, 0.1) is 17.1 Å². The van der Waals surface area contributed by atoms with E-state index in [1.807, 2.05) is 30.3 Å². The number of rotatable bonds is 7. The van der Waals surface area contributed by atoms with Crippen molar-refractivity contribution in [3.05, 3.63) is 71.0 Å². The lowest BCUT2D eigenvalue weighted by Crippen LogP contribution is -2.22. The van der Waals surface area contributed by atoms with Crippen molar-refractivity contribution in [3.63, 3.8) is 0 Å². The molecular weight excluding hydrogens is 279 g/mol. The molecule has 0 aliphatic heterocycles. The molecule has 0 saturated heterocycles. The monoisotopic (exact) mass is 298 g/mol. The number of aliphatic hydroxyl groups is 1. The topological polar surface area (TPSA) is 56.0 Å². The van der Waals surface area contributed by atoms with Crippen LogP contribution < -0.4 is 5.32 Å². The first-order chi connectivity index (χ1) is 10.7. The van der Waals surface area contributed by atoms with E-state index in [9.17, 15) is 4.39 Å². The molecule has 2 rings (SSSR count). The number of aliphatic hydroxyl groups excluding tert-OH is 1. The van der Waals surface area contributed by atoms with Crippen LogP contribution in [0.1, 0.15) is 35.6 Å². The second-order valence-electron chi connectivity index (χ2n) is 5.12. The summed E-state index contributed by atoms with van der Waals surface area (Å²) >= 11 is 0. The van der Waals surface area contributed by atoms with Gasteiger partial charge in [0.15, 0.2) is 0 Å². The van der Waals surface area contributed by atoms with Gasteiger partial charge in [-0.15, -0.1) is 0 Å². The Balaban J connectivity index is 2.12. The third-order valence-electron chi connectivity index (χ3n) is 3.58. The SMILES string of the molecule is N#Cc1ccc(F)cc1CNC(CCCO)c1ccccc1. The highest BCUT2D eigenvalue weighted by Crippen LogP contribution is 2.20. The molecule has 2 aromatic carbocycles. The molecular formula is C18H19FN2O. The summed E-state index contributed by atoms with van der Waals surface area (Å²) in [5.41, 5.74) is 2.24. The van der Waals surface area contributed by atoms with E-state index in [2.05, 4.69) is 11.4 Å². The Labute approximate surface area is 130 Å². The van der Waals surface area contributed by atoms with Crippen molar-refractivity contribution in [1.82, 2.24) is 5.32 Å². The van der Waals surface area contributed by atoms with E-state index in [0.717, 1.165) is 12.0 Å².